The third-order valence-corrected chi connectivity index (χ3v) is 5.09. The van der Waals surface area contributed by atoms with Gasteiger partial charge in [0.05, 0.1) is 19.2 Å². The van der Waals surface area contributed by atoms with Crippen LogP contribution in [0.25, 0.3) is 0 Å². The van der Waals surface area contributed by atoms with Crippen molar-refractivity contribution in [3.8, 4) is 0 Å². The summed E-state index contributed by atoms with van der Waals surface area (Å²) in [6.07, 6.45) is 0.670. The number of halogens is 1. The molecule has 0 spiro atoms. The van der Waals surface area contributed by atoms with E-state index in [4.69, 9.17) is 4.74 Å². The average Bonchev–Trinajstić information content (AvgIpc) is 3.01. The third kappa shape index (κ3) is 4.65. The van der Waals surface area contributed by atoms with Crippen molar-refractivity contribution in [3.63, 3.8) is 0 Å². The molecule has 0 radical (unpaired) electrons. The van der Waals surface area contributed by atoms with Crippen molar-refractivity contribution in [2.24, 2.45) is 0 Å². The van der Waals surface area contributed by atoms with E-state index in [2.05, 4.69) is 14.9 Å². The Balaban J connectivity index is 1.69. The van der Waals surface area contributed by atoms with Crippen LogP contribution in [0.4, 0.5) is 16.2 Å². The summed E-state index contributed by atoms with van der Waals surface area (Å²) in [6.45, 7) is 2.68. The summed E-state index contributed by atoms with van der Waals surface area (Å²) < 4.78 is 19.8. The SMILES string of the molecule is CN1CCO[C@@H](C(=O)N(C)C[C@@H]2C[C@H](F)CN2c2ccnc(N(C)C)n2)C1. The number of hydrogen-bond acceptors (Lipinski definition) is 7. The lowest BCUT2D eigenvalue weighted by Crippen LogP contribution is -2.51. The molecule has 27 heavy (non-hydrogen) atoms. The van der Waals surface area contributed by atoms with E-state index in [0.717, 1.165) is 6.54 Å². The summed E-state index contributed by atoms with van der Waals surface area (Å²) in [7, 11) is 7.47. The predicted octanol–water partition coefficient (Wildman–Crippen LogP) is 0.248. The lowest BCUT2D eigenvalue weighted by atomic mass is 10.1. The molecule has 2 aliphatic heterocycles. The molecule has 1 amide bonds. The van der Waals surface area contributed by atoms with Crippen LogP contribution in [0.3, 0.4) is 0 Å². The number of nitrogens with zero attached hydrogens (tertiary/aromatic N) is 6. The van der Waals surface area contributed by atoms with Crippen LogP contribution in [0.1, 0.15) is 6.42 Å². The molecule has 3 rings (SSSR count). The van der Waals surface area contributed by atoms with Gasteiger partial charge in [-0.15, -0.1) is 0 Å². The molecule has 2 aliphatic rings. The van der Waals surface area contributed by atoms with E-state index in [1.54, 1.807) is 24.2 Å². The second kappa shape index (κ2) is 8.35. The van der Waals surface area contributed by atoms with Gasteiger partial charge in [-0.05, 0) is 13.1 Å². The summed E-state index contributed by atoms with van der Waals surface area (Å²) in [5.74, 6) is 1.21. The van der Waals surface area contributed by atoms with E-state index < -0.39 is 12.3 Å². The normalized spacial score (nSPS) is 26.3. The molecular weight excluding hydrogens is 351 g/mol. The van der Waals surface area contributed by atoms with Crippen LogP contribution < -0.4 is 9.80 Å². The van der Waals surface area contributed by atoms with Gasteiger partial charge in [-0.2, -0.15) is 4.98 Å². The smallest absolute Gasteiger partial charge is 0.252 e. The highest BCUT2D eigenvalue weighted by molar-refractivity contribution is 5.81. The fourth-order valence-electron chi connectivity index (χ4n) is 3.61. The lowest BCUT2D eigenvalue weighted by Gasteiger charge is -2.34. The summed E-state index contributed by atoms with van der Waals surface area (Å²) in [6, 6.07) is 1.67. The Bertz CT molecular complexity index is 660. The fraction of sp³-hybridized carbons (Fsp3) is 0.722. The average molecular weight is 380 g/mol. The first-order chi connectivity index (χ1) is 12.8. The summed E-state index contributed by atoms with van der Waals surface area (Å²) >= 11 is 0. The van der Waals surface area contributed by atoms with E-state index in [-0.39, 0.29) is 18.5 Å². The van der Waals surface area contributed by atoms with Crippen molar-refractivity contribution in [2.75, 3.05) is 70.8 Å². The second-order valence-electron chi connectivity index (χ2n) is 7.59. The minimum absolute atomic E-state index is 0.0551. The number of alkyl halides is 1. The summed E-state index contributed by atoms with van der Waals surface area (Å²) in [4.78, 5) is 29.0. The highest BCUT2D eigenvalue weighted by Gasteiger charge is 2.36. The minimum atomic E-state index is -0.937. The maximum atomic E-state index is 14.2. The number of rotatable bonds is 5. The number of carbonyl (C=O) groups excluding carboxylic acids is 1. The molecule has 2 saturated heterocycles. The Morgan fingerprint density at radius 1 is 1.37 bits per heavy atom. The first kappa shape index (κ1) is 19.8. The Labute approximate surface area is 159 Å². The Morgan fingerprint density at radius 2 is 2.15 bits per heavy atom. The second-order valence-corrected chi connectivity index (χ2v) is 7.59. The summed E-state index contributed by atoms with van der Waals surface area (Å²) in [5, 5.41) is 0. The monoisotopic (exact) mass is 380 g/mol. The van der Waals surface area contributed by atoms with Gasteiger partial charge in [-0.3, -0.25) is 4.79 Å². The number of carbonyl (C=O) groups is 1. The first-order valence-electron chi connectivity index (χ1n) is 9.31. The topological polar surface area (TPSA) is 65.0 Å². The number of anilines is 2. The Kier molecular flexibility index (Phi) is 6.11. The van der Waals surface area contributed by atoms with Gasteiger partial charge in [0, 0.05) is 53.4 Å². The van der Waals surface area contributed by atoms with Gasteiger partial charge in [0.2, 0.25) is 5.95 Å². The molecule has 3 atom stereocenters. The van der Waals surface area contributed by atoms with Crippen LogP contribution in [-0.4, -0.2) is 105 Å². The highest BCUT2D eigenvalue weighted by Crippen LogP contribution is 2.27. The minimum Gasteiger partial charge on any atom is -0.366 e. The van der Waals surface area contributed by atoms with Crippen molar-refractivity contribution in [1.29, 1.82) is 0 Å². The van der Waals surface area contributed by atoms with E-state index in [9.17, 15) is 9.18 Å². The van der Waals surface area contributed by atoms with Crippen LogP contribution in [-0.2, 0) is 9.53 Å². The molecule has 1 aromatic rings. The van der Waals surface area contributed by atoms with Gasteiger partial charge in [-0.1, -0.05) is 0 Å². The molecule has 0 N–H and O–H groups in total. The van der Waals surface area contributed by atoms with Gasteiger partial charge in [0.1, 0.15) is 18.1 Å². The summed E-state index contributed by atoms with van der Waals surface area (Å²) in [5.41, 5.74) is 0. The van der Waals surface area contributed by atoms with Crippen LogP contribution in [0.15, 0.2) is 12.3 Å². The molecule has 150 valence electrons. The molecule has 0 aromatic carbocycles. The Morgan fingerprint density at radius 3 is 2.85 bits per heavy atom. The maximum Gasteiger partial charge on any atom is 0.252 e. The Hall–Kier alpha value is -2.00. The van der Waals surface area contributed by atoms with Gasteiger partial charge in [0.15, 0.2) is 0 Å². The zero-order chi connectivity index (χ0) is 19.6. The molecule has 0 saturated carbocycles. The molecule has 0 unspecified atom stereocenters. The van der Waals surface area contributed by atoms with Crippen molar-refractivity contribution in [3.05, 3.63) is 12.3 Å². The predicted molar refractivity (Wildman–Crippen MR) is 102 cm³/mol. The first-order valence-corrected chi connectivity index (χ1v) is 9.31. The van der Waals surface area contributed by atoms with Crippen molar-refractivity contribution in [1.82, 2.24) is 19.8 Å². The van der Waals surface area contributed by atoms with Crippen LogP contribution in [0.2, 0.25) is 0 Å². The van der Waals surface area contributed by atoms with Gasteiger partial charge in [-0.25, -0.2) is 9.37 Å². The van der Waals surface area contributed by atoms with E-state index >= 15 is 0 Å². The molecule has 2 fully saturated rings. The lowest BCUT2D eigenvalue weighted by molar-refractivity contribution is -0.147. The third-order valence-electron chi connectivity index (χ3n) is 5.09. The molecule has 8 nitrogen and oxygen atoms in total. The van der Waals surface area contributed by atoms with E-state index in [1.807, 2.05) is 30.9 Å². The maximum absolute atomic E-state index is 14.2. The van der Waals surface area contributed by atoms with Gasteiger partial charge < -0.3 is 24.3 Å². The molecule has 3 heterocycles. The van der Waals surface area contributed by atoms with Crippen LogP contribution in [0.5, 0.6) is 0 Å². The number of likely N-dealkylation sites (N-methyl/N-ethyl adjacent to an activating group) is 2. The zero-order valence-electron chi connectivity index (χ0n) is 16.5. The van der Waals surface area contributed by atoms with E-state index in [1.165, 1.54) is 0 Å². The van der Waals surface area contributed by atoms with Crippen molar-refractivity contribution in [2.45, 2.75) is 24.7 Å². The quantitative estimate of drug-likeness (QED) is 0.725. The number of ether oxygens (including phenoxy) is 1. The van der Waals surface area contributed by atoms with Crippen LogP contribution >= 0.6 is 0 Å². The number of amides is 1. The molecular formula is C18H29FN6O2. The van der Waals surface area contributed by atoms with Crippen molar-refractivity contribution < 1.29 is 13.9 Å². The molecule has 0 bridgehead atoms. The molecule has 9 heteroatoms. The van der Waals surface area contributed by atoms with Crippen molar-refractivity contribution >= 4 is 17.7 Å². The largest absolute Gasteiger partial charge is 0.366 e. The molecule has 1 aromatic heterocycles. The zero-order valence-corrected chi connectivity index (χ0v) is 16.5. The van der Waals surface area contributed by atoms with Gasteiger partial charge >= 0.3 is 0 Å². The van der Waals surface area contributed by atoms with Crippen LogP contribution in [0, 0.1) is 0 Å². The number of morpholine rings is 1. The van der Waals surface area contributed by atoms with E-state index in [0.29, 0.717) is 37.9 Å². The number of aromatic nitrogens is 2. The molecule has 0 aliphatic carbocycles. The number of hydrogen-bond donors (Lipinski definition) is 0. The fourth-order valence-corrected chi connectivity index (χ4v) is 3.61. The highest BCUT2D eigenvalue weighted by atomic mass is 19.1. The standard InChI is InChI=1S/C18H29FN6O2/c1-22(2)18-20-6-5-16(21-18)25-10-13(19)9-14(25)11-24(4)17(26)15-12-23(3)7-8-27-15/h5-6,13-15H,7-12H2,1-4H3/t13-,14-,15+/m0/s1. The van der Waals surface area contributed by atoms with Gasteiger partial charge in [0.25, 0.3) is 5.91 Å².